The molecule has 1 amide bonds. The lowest BCUT2D eigenvalue weighted by atomic mass is 9.86. The van der Waals surface area contributed by atoms with Gasteiger partial charge in [-0.25, -0.2) is 0 Å². The number of carbonyl (C=O) groups is 1. The molecule has 2 N–H and O–H groups in total. The highest BCUT2D eigenvalue weighted by Gasteiger charge is 2.22. The van der Waals surface area contributed by atoms with Gasteiger partial charge in [-0.1, -0.05) is 80.4 Å². The molecule has 25 heavy (non-hydrogen) atoms. The van der Waals surface area contributed by atoms with Crippen molar-refractivity contribution >= 4 is 5.91 Å². The van der Waals surface area contributed by atoms with Gasteiger partial charge >= 0.3 is 0 Å². The third kappa shape index (κ3) is 4.93. The van der Waals surface area contributed by atoms with Crippen LogP contribution in [0.2, 0.25) is 0 Å². The second kappa shape index (κ2) is 8.82. The van der Waals surface area contributed by atoms with Gasteiger partial charge in [0.05, 0.1) is 12.6 Å². The molecule has 1 saturated carbocycles. The zero-order valence-corrected chi connectivity index (χ0v) is 14.9. The molecule has 0 radical (unpaired) electrons. The van der Waals surface area contributed by atoms with Gasteiger partial charge in [0.15, 0.2) is 0 Å². The second-order valence-electron chi connectivity index (χ2n) is 7.07. The topological polar surface area (TPSA) is 41.1 Å². The summed E-state index contributed by atoms with van der Waals surface area (Å²) in [6.07, 6.45) is 5.01. The summed E-state index contributed by atoms with van der Waals surface area (Å²) in [6, 6.07) is 20.7. The van der Waals surface area contributed by atoms with Crippen LogP contribution in [-0.2, 0) is 4.79 Å². The molecule has 0 aliphatic heterocycles. The highest BCUT2D eigenvalue weighted by atomic mass is 16.2. The highest BCUT2D eigenvalue weighted by molar-refractivity contribution is 5.79. The first-order valence-corrected chi connectivity index (χ1v) is 9.36. The molecular weight excluding hydrogens is 308 g/mol. The van der Waals surface area contributed by atoms with Gasteiger partial charge in [-0.15, -0.1) is 0 Å². The van der Waals surface area contributed by atoms with E-state index in [1.165, 1.54) is 25.7 Å². The molecule has 0 saturated heterocycles. The largest absolute Gasteiger partial charge is 0.344 e. The molecule has 2 atom stereocenters. The van der Waals surface area contributed by atoms with Gasteiger partial charge in [-0.3, -0.25) is 4.79 Å². The van der Waals surface area contributed by atoms with Crippen LogP contribution in [0.15, 0.2) is 60.7 Å². The van der Waals surface area contributed by atoms with Gasteiger partial charge < -0.3 is 10.6 Å². The average molecular weight is 336 g/mol. The third-order valence-corrected chi connectivity index (χ3v) is 5.21. The highest BCUT2D eigenvalue weighted by Crippen LogP contribution is 2.24. The number of hydrogen-bond donors (Lipinski definition) is 2. The summed E-state index contributed by atoms with van der Waals surface area (Å²) in [4.78, 5) is 12.6. The van der Waals surface area contributed by atoms with E-state index in [2.05, 4.69) is 41.8 Å². The van der Waals surface area contributed by atoms with Crippen molar-refractivity contribution in [2.45, 2.75) is 44.7 Å². The summed E-state index contributed by atoms with van der Waals surface area (Å²) < 4.78 is 0. The first kappa shape index (κ1) is 17.7. The minimum absolute atomic E-state index is 0.0514. The predicted molar refractivity (Wildman–Crippen MR) is 102 cm³/mol. The van der Waals surface area contributed by atoms with E-state index < -0.39 is 0 Å². The fourth-order valence-electron chi connectivity index (χ4n) is 3.71. The van der Waals surface area contributed by atoms with Crippen LogP contribution in [0.3, 0.4) is 0 Å². The van der Waals surface area contributed by atoms with Crippen molar-refractivity contribution in [3.63, 3.8) is 0 Å². The Kier molecular flexibility index (Phi) is 6.24. The van der Waals surface area contributed by atoms with Crippen molar-refractivity contribution in [3.05, 3.63) is 71.8 Å². The Morgan fingerprint density at radius 2 is 1.52 bits per heavy atom. The molecule has 1 aliphatic carbocycles. The molecule has 0 unspecified atom stereocenters. The molecule has 0 heterocycles. The van der Waals surface area contributed by atoms with Crippen molar-refractivity contribution in [3.8, 4) is 0 Å². The second-order valence-corrected chi connectivity index (χ2v) is 7.07. The van der Waals surface area contributed by atoms with Crippen LogP contribution in [0.1, 0.15) is 49.8 Å². The molecule has 0 bridgehead atoms. The molecule has 2 aromatic carbocycles. The maximum atomic E-state index is 12.6. The molecule has 1 aliphatic rings. The van der Waals surface area contributed by atoms with E-state index in [0.29, 0.717) is 18.5 Å². The van der Waals surface area contributed by atoms with E-state index >= 15 is 0 Å². The minimum atomic E-state index is -0.111. The first-order chi connectivity index (χ1) is 12.2. The first-order valence-electron chi connectivity index (χ1n) is 9.36. The van der Waals surface area contributed by atoms with E-state index in [0.717, 1.165) is 11.1 Å². The summed E-state index contributed by atoms with van der Waals surface area (Å²) in [7, 11) is 0. The maximum Gasteiger partial charge on any atom is 0.234 e. The Bertz CT molecular complexity index is 617. The van der Waals surface area contributed by atoms with E-state index in [9.17, 15) is 4.79 Å². The lowest BCUT2D eigenvalue weighted by molar-refractivity contribution is -0.121. The summed E-state index contributed by atoms with van der Waals surface area (Å²) in [6.45, 7) is 2.66. The number of benzene rings is 2. The maximum absolute atomic E-state index is 12.6. The molecule has 0 spiro atoms. The predicted octanol–water partition coefficient (Wildman–Crippen LogP) is 4.06. The van der Waals surface area contributed by atoms with Crippen LogP contribution < -0.4 is 10.6 Å². The minimum Gasteiger partial charge on any atom is -0.344 e. The number of rotatable bonds is 6. The van der Waals surface area contributed by atoms with E-state index in [4.69, 9.17) is 0 Å². The van der Waals surface area contributed by atoms with Crippen molar-refractivity contribution < 1.29 is 4.79 Å². The molecule has 132 valence electrons. The lowest BCUT2D eigenvalue weighted by Crippen LogP contribution is -2.44. The molecule has 2 aromatic rings. The monoisotopic (exact) mass is 336 g/mol. The van der Waals surface area contributed by atoms with Crippen LogP contribution in [-0.4, -0.2) is 18.5 Å². The Labute approximate surface area is 150 Å². The summed E-state index contributed by atoms with van der Waals surface area (Å²) >= 11 is 0. The number of nitrogens with one attached hydrogen (secondary N) is 2. The summed E-state index contributed by atoms with van der Waals surface area (Å²) in [5, 5.41) is 6.67. The van der Waals surface area contributed by atoms with Crippen LogP contribution in [0.4, 0.5) is 0 Å². The van der Waals surface area contributed by atoms with Crippen LogP contribution in [0.5, 0.6) is 0 Å². The van der Waals surface area contributed by atoms with E-state index in [-0.39, 0.29) is 11.9 Å². The standard InChI is InChI=1S/C22H28N2O/c1-17-10-8-9-15-20(17)23-16-21(25)24-22(18-11-4-2-5-12-18)19-13-6-3-7-14-19/h2-7,11-14,17,20,22-23H,8-10,15-16H2,1H3,(H,24,25)/t17-,20-/m0/s1. The molecule has 0 aromatic heterocycles. The van der Waals surface area contributed by atoms with Gasteiger partial charge in [0, 0.05) is 6.04 Å². The molecular formula is C22H28N2O. The molecule has 3 nitrogen and oxygen atoms in total. The molecule has 1 fully saturated rings. The number of amides is 1. The fourth-order valence-corrected chi connectivity index (χ4v) is 3.71. The zero-order valence-electron chi connectivity index (χ0n) is 14.9. The van der Waals surface area contributed by atoms with E-state index in [1.54, 1.807) is 0 Å². The Hall–Kier alpha value is -2.13. The van der Waals surface area contributed by atoms with Crippen molar-refractivity contribution in [2.75, 3.05) is 6.54 Å². The summed E-state index contributed by atoms with van der Waals surface area (Å²) in [5.41, 5.74) is 2.21. The SMILES string of the molecule is C[C@H]1CCCC[C@@H]1NCC(=O)NC(c1ccccc1)c1ccccc1. The van der Waals surface area contributed by atoms with Gasteiger partial charge in [-0.05, 0) is 29.9 Å². The number of hydrogen-bond acceptors (Lipinski definition) is 2. The van der Waals surface area contributed by atoms with Gasteiger partial charge in [-0.2, -0.15) is 0 Å². The third-order valence-electron chi connectivity index (χ3n) is 5.21. The van der Waals surface area contributed by atoms with Gasteiger partial charge in [0.1, 0.15) is 0 Å². The van der Waals surface area contributed by atoms with Crippen LogP contribution in [0.25, 0.3) is 0 Å². The lowest BCUT2D eigenvalue weighted by Gasteiger charge is -2.29. The normalized spacial score (nSPS) is 20.4. The number of carbonyl (C=O) groups excluding carboxylic acids is 1. The van der Waals surface area contributed by atoms with E-state index in [1.807, 2.05) is 36.4 Å². The van der Waals surface area contributed by atoms with Crippen molar-refractivity contribution in [2.24, 2.45) is 5.92 Å². The van der Waals surface area contributed by atoms with Gasteiger partial charge in [0.25, 0.3) is 0 Å². The quantitative estimate of drug-likeness (QED) is 0.835. The molecule has 3 heteroatoms. The van der Waals surface area contributed by atoms with Crippen molar-refractivity contribution in [1.82, 2.24) is 10.6 Å². The Morgan fingerprint density at radius 3 is 2.08 bits per heavy atom. The zero-order chi connectivity index (χ0) is 17.5. The summed E-state index contributed by atoms with van der Waals surface area (Å²) in [5.74, 6) is 0.705. The van der Waals surface area contributed by atoms with Crippen LogP contribution >= 0.6 is 0 Å². The van der Waals surface area contributed by atoms with Crippen LogP contribution in [0, 0.1) is 5.92 Å². The van der Waals surface area contributed by atoms with Gasteiger partial charge in [0.2, 0.25) is 5.91 Å². The Balaban J connectivity index is 1.65. The average Bonchev–Trinajstić information content (AvgIpc) is 2.67. The smallest absolute Gasteiger partial charge is 0.234 e. The van der Waals surface area contributed by atoms with Crippen molar-refractivity contribution in [1.29, 1.82) is 0 Å². The fraction of sp³-hybridized carbons (Fsp3) is 0.409. The Morgan fingerprint density at radius 1 is 0.960 bits per heavy atom. The molecule has 3 rings (SSSR count).